The first-order chi connectivity index (χ1) is 15.9. The largest absolute Gasteiger partial charge is 0.378 e. The van der Waals surface area contributed by atoms with Crippen molar-refractivity contribution in [2.75, 3.05) is 36.5 Å². The Morgan fingerprint density at radius 2 is 1.64 bits per heavy atom. The number of benzene rings is 2. The van der Waals surface area contributed by atoms with Gasteiger partial charge in [-0.1, -0.05) is 35.6 Å². The number of nitrogens with one attached hydrogen (secondary N) is 3. The van der Waals surface area contributed by atoms with E-state index in [-0.39, 0.29) is 0 Å². The van der Waals surface area contributed by atoms with E-state index < -0.39 is 11.8 Å². The summed E-state index contributed by atoms with van der Waals surface area (Å²) in [5, 5.41) is 4.12. The minimum atomic E-state index is -0.410. The minimum Gasteiger partial charge on any atom is -0.378 e. The molecule has 9 heteroatoms. The van der Waals surface area contributed by atoms with Gasteiger partial charge in [0.15, 0.2) is 5.13 Å². The van der Waals surface area contributed by atoms with Gasteiger partial charge in [-0.3, -0.25) is 20.4 Å². The number of aromatic nitrogens is 1. The van der Waals surface area contributed by atoms with Crippen LogP contribution in [0.15, 0.2) is 42.5 Å². The molecule has 172 valence electrons. The molecule has 2 heterocycles. The number of hydrogen-bond donors (Lipinski definition) is 3. The van der Waals surface area contributed by atoms with E-state index in [1.54, 1.807) is 19.1 Å². The average molecular weight is 466 g/mol. The fraction of sp³-hybridized carbons (Fsp3) is 0.292. The van der Waals surface area contributed by atoms with E-state index in [9.17, 15) is 9.59 Å². The second kappa shape index (κ2) is 10.0. The molecule has 4 rings (SSSR count). The van der Waals surface area contributed by atoms with E-state index in [4.69, 9.17) is 4.74 Å². The monoisotopic (exact) mass is 465 g/mol. The van der Waals surface area contributed by atoms with Gasteiger partial charge in [0.25, 0.3) is 11.8 Å². The molecular weight excluding hydrogens is 438 g/mol. The van der Waals surface area contributed by atoms with Crippen molar-refractivity contribution < 1.29 is 14.3 Å². The Morgan fingerprint density at radius 1 is 0.939 bits per heavy atom. The molecule has 8 nitrogen and oxygen atoms in total. The molecule has 0 radical (unpaired) electrons. The molecule has 1 saturated heterocycles. The van der Waals surface area contributed by atoms with Crippen LogP contribution in [0.2, 0.25) is 0 Å². The summed E-state index contributed by atoms with van der Waals surface area (Å²) in [6.07, 6.45) is 0. The fourth-order valence-corrected chi connectivity index (χ4v) is 4.56. The van der Waals surface area contributed by atoms with Gasteiger partial charge in [0.2, 0.25) is 0 Å². The Labute approximate surface area is 197 Å². The lowest BCUT2D eigenvalue weighted by atomic mass is 10.1. The number of para-hydroxylation sites is 1. The van der Waals surface area contributed by atoms with Crippen molar-refractivity contribution in [1.82, 2.24) is 15.8 Å². The van der Waals surface area contributed by atoms with Gasteiger partial charge in [-0.2, -0.15) is 0 Å². The summed E-state index contributed by atoms with van der Waals surface area (Å²) in [5.41, 5.74) is 9.96. The predicted molar refractivity (Wildman–Crippen MR) is 130 cm³/mol. The minimum absolute atomic E-state index is 0.391. The number of hydrogen-bond acceptors (Lipinski definition) is 7. The maximum absolute atomic E-state index is 12.9. The van der Waals surface area contributed by atoms with Gasteiger partial charge in [0, 0.05) is 18.8 Å². The van der Waals surface area contributed by atoms with Crippen LogP contribution in [0.1, 0.15) is 36.9 Å². The molecule has 2 amide bonds. The number of rotatable bonds is 5. The number of anilines is 3. The van der Waals surface area contributed by atoms with Crippen molar-refractivity contribution in [3.63, 3.8) is 0 Å². The Bertz CT molecular complexity index is 1170. The molecule has 0 spiro atoms. The summed E-state index contributed by atoms with van der Waals surface area (Å²) in [4.78, 5) is 32.7. The van der Waals surface area contributed by atoms with Crippen molar-refractivity contribution in [2.24, 2.45) is 0 Å². The first kappa shape index (κ1) is 22.8. The average Bonchev–Trinajstić information content (AvgIpc) is 3.23. The molecule has 1 aromatic heterocycles. The summed E-state index contributed by atoms with van der Waals surface area (Å²) in [6.45, 7) is 8.64. The lowest BCUT2D eigenvalue weighted by molar-refractivity contribution is 0.0849. The third-order valence-electron chi connectivity index (χ3n) is 5.61. The Hall–Kier alpha value is -3.43. The van der Waals surface area contributed by atoms with Gasteiger partial charge in [-0.05, 0) is 50.1 Å². The number of aryl methyl sites for hydroxylation is 2. The molecule has 0 aliphatic carbocycles. The lowest BCUT2D eigenvalue weighted by Gasteiger charge is -2.25. The van der Waals surface area contributed by atoms with Crippen LogP contribution in [0.4, 0.5) is 16.5 Å². The van der Waals surface area contributed by atoms with E-state index in [2.05, 4.69) is 26.1 Å². The van der Waals surface area contributed by atoms with Crippen LogP contribution < -0.4 is 21.1 Å². The molecule has 2 aromatic carbocycles. The number of ether oxygens (including phenoxy) is 1. The van der Waals surface area contributed by atoms with E-state index in [1.807, 2.05) is 44.2 Å². The van der Waals surface area contributed by atoms with Gasteiger partial charge in [-0.15, -0.1) is 0 Å². The second-order valence-corrected chi connectivity index (χ2v) is 8.81. The molecule has 0 saturated carbocycles. The van der Waals surface area contributed by atoms with E-state index in [0.717, 1.165) is 35.0 Å². The highest BCUT2D eigenvalue weighted by molar-refractivity contribution is 7.17. The summed E-state index contributed by atoms with van der Waals surface area (Å²) in [6, 6.07) is 13.2. The van der Waals surface area contributed by atoms with Crippen molar-refractivity contribution >= 4 is 39.7 Å². The molecule has 0 unspecified atom stereocenters. The van der Waals surface area contributed by atoms with Crippen LogP contribution in [-0.4, -0.2) is 43.1 Å². The summed E-state index contributed by atoms with van der Waals surface area (Å²) >= 11 is 1.31. The quantitative estimate of drug-likeness (QED) is 0.497. The van der Waals surface area contributed by atoms with Crippen LogP contribution in [-0.2, 0) is 4.74 Å². The number of carbonyl (C=O) groups is 2. The van der Waals surface area contributed by atoms with Crippen molar-refractivity contribution in [2.45, 2.75) is 20.8 Å². The van der Waals surface area contributed by atoms with Crippen LogP contribution in [0, 0.1) is 20.8 Å². The summed E-state index contributed by atoms with van der Waals surface area (Å²) in [5.74, 6) is -0.801. The fourth-order valence-electron chi connectivity index (χ4n) is 3.54. The van der Waals surface area contributed by atoms with Gasteiger partial charge in [0.05, 0.1) is 30.2 Å². The Balaban J connectivity index is 1.44. The van der Waals surface area contributed by atoms with Gasteiger partial charge in [0.1, 0.15) is 4.88 Å². The predicted octanol–water partition coefficient (Wildman–Crippen LogP) is 3.72. The van der Waals surface area contributed by atoms with E-state index in [1.165, 1.54) is 11.3 Å². The highest BCUT2D eigenvalue weighted by Crippen LogP contribution is 2.27. The number of nitrogens with zero attached hydrogens (tertiary/aromatic N) is 2. The third-order valence-corrected chi connectivity index (χ3v) is 6.83. The molecule has 1 aliphatic heterocycles. The number of thiazole rings is 1. The van der Waals surface area contributed by atoms with E-state index in [0.29, 0.717) is 35.0 Å². The summed E-state index contributed by atoms with van der Waals surface area (Å²) in [7, 11) is 0. The number of carbonyl (C=O) groups excluding carboxylic acids is 2. The second-order valence-electron chi connectivity index (χ2n) is 7.84. The molecule has 1 fully saturated rings. The van der Waals surface area contributed by atoms with Crippen LogP contribution in [0.3, 0.4) is 0 Å². The zero-order chi connectivity index (χ0) is 23.4. The molecule has 3 aromatic rings. The normalized spacial score (nSPS) is 13.5. The third kappa shape index (κ3) is 5.15. The Morgan fingerprint density at radius 3 is 2.42 bits per heavy atom. The Kier molecular flexibility index (Phi) is 6.90. The first-order valence-corrected chi connectivity index (χ1v) is 11.6. The number of amides is 2. The van der Waals surface area contributed by atoms with Crippen molar-refractivity contribution in [1.29, 1.82) is 0 Å². The van der Waals surface area contributed by atoms with Gasteiger partial charge in [-0.25, -0.2) is 4.98 Å². The molecule has 1 aliphatic rings. The maximum Gasteiger partial charge on any atom is 0.281 e. The smallest absolute Gasteiger partial charge is 0.281 e. The van der Waals surface area contributed by atoms with Crippen molar-refractivity contribution in [3.05, 3.63) is 69.7 Å². The van der Waals surface area contributed by atoms with Crippen LogP contribution in [0.5, 0.6) is 0 Å². The van der Waals surface area contributed by atoms with Crippen LogP contribution in [0.25, 0.3) is 0 Å². The standard InChI is InChI=1S/C24H27N5O3S/c1-15-7-6-10-19(16(15)2)26-20-9-5-4-8-18(20)22(30)27-28-23(31)21-17(3)25-24(33-21)29-11-13-32-14-12-29/h4-10,26H,11-14H2,1-3H3,(H,27,30)(H,28,31). The molecule has 0 atom stereocenters. The summed E-state index contributed by atoms with van der Waals surface area (Å²) < 4.78 is 5.38. The topological polar surface area (TPSA) is 95.6 Å². The zero-order valence-electron chi connectivity index (χ0n) is 18.9. The lowest BCUT2D eigenvalue weighted by Crippen LogP contribution is -2.41. The molecular formula is C24H27N5O3S. The SMILES string of the molecule is Cc1cccc(Nc2ccccc2C(=O)NNC(=O)c2sc(N3CCOCC3)nc2C)c1C. The van der Waals surface area contributed by atoms with E-state index >= 15 is 0 Å². The zero-order valence-corrected chi connectivity index (χ0v) is 19.7. The molecule has 3 N–H and O–H groups in total. The number of hydrazine groups is 1. The first-order valence-electron chi connectivity index (χ1n) is 10.8. The molecule has 33 heavy (non-hydrogen) atoms. The molecule has 0 bridgehead atoms. The van der Waals surface area contributed by atoms with Gasteiger partial charge < -0.3 is 15.0 Å². The highest BCUT2D eigenvalue weighted by atomic mass is 32.1. The van der Waals surface area contributed by atoms with Crippen molar-refractivity contribution in [3.8, 4) is 0 Å². The van der Waals surface area contributed by atoms with Crippen LogP contribution >= 0.6 is 11.3 Å². The highest BCUT2D eigenvalue weighted by Gasteiger charge is 2.21. The number of morpholine rings is 1. The maximum atomic E-state index is 12.9. The van der Waals surface area contributed by atoms with Gasteiger partial charge >= 0.3 is 0 Å².